The first-order valence-electron chi connectivity index (χ1n) is 5.05. The van der Waals surface area contributed by atoms with Crippen LogP contribution in [0.2, 0.25) is 0 Å². The number of anilines is 1. The highest BCUT2D eigenvalue weighted by molar-refractivity contribution is 7.92. The second kappa shape index (κ2) is 3.56. The predicted molar refractivity (Wildman–Crippen MR) is 66.9 cm³/mol. The molecule has 4 nitrogen and oxygen atoms in total. The lowest BCUT2D eigenvalue weighted by atomic mass is 10.2. The van der Waals surface area contributed by atoms with Gasteiger partial charge in [-0.1, -0.05) is 13.8 Å². The van der Waals surface area contributed by atoms with Gasteiger partial charge in [-0.15, -0.1) is 15.7 Å². The first kappa shape index (κ1) is 11.6. The molecule has 0 saturated heterocycles. The standard InChI is InChI=1S/C10H14N2O2S2/c1-5(2)9-11-8-6(3)7(4)15-10(8)16(13,14)12-9/h5H,1-4H3,(H,11,12). The summed E-state index contributed by atoms with van der Waals surface area (Å²) in [5, 5.41) is 3.12. The zero-order valence-electron chi connectivity index (χ0n) is 9.66. The SMILES string of the molecule is Cc1sc2c(c1C)NC(C(C)C)=NS2(=O)=O. The van der Waals surface area contributed by atoms with E-state index in [-0.39, 0.29) is 5.92 Å². The van der Waals surface area contributed by atoms with Gasteiger partial charge in [0, 0.05) is 10.8 Å². The molecule has 0 spiro atoms. The molecule has 88 valence electrons. The topological polar surface area (TPSA) is 58.5 Å². The lowest BCUT2D eigenvalue weighted by Gasteiger charge is -2.18. The van der Waals surface area contributed by atoms with Crippen molar-refractivity contribution in [2.75, 3.05) is 5.32 Å². The van der Waals surface area contributed by atoms with Crippen molar-refractivity contribution in [1.29, 1.82) is 0 Å². The average molecular weight is 258 g/mol. The molecule has 1 aliphatic heterocycles. The molecule has 0 amide bonds. The Labute approximate surface area is 99.5 Å². The van der Waals surface area contributed by atoms with Gasteiger partial charge in [0.2, 0.25) is 0 Å². The zero-order chi connectivity index (χ0) is 12.1. The van der Waals surface area contributed by atoms with Crippen molar-refractivity contribution in [1.82, 2.24) is 0 Å². The molecule has 2 rings (SSSR count). The molecule has 0 fully saturated rings. The monoisotopic (exact) mass is 258 g/mol. The van der Waals surface area contributed by atoms with Gasteiger partial charge in [-0.2, -0.15) is 8.42 Å². The van der Waals surface area contributed by atoms with Crippen LogP contribution in [0.1, 0.15) is 24.3 Å². The molecule has 0 aliphatic carbocycles. The molecule has 1 N–H and O–H groups in total. The van der Waals surface area contributed by atoms with Gasteiger partial charge in [0.05, 0.1) is 5.69 Å². The Balaban J connectivity index is 2.65. The summed E-state index contributed by atoms with van der Waals surface area (Å²) in [6.45, 7) is 7.68. The number of hydrogen-bond donors (Lipinski definition) is 1. The average Bonchev–Trinajstić information content (AvgIpc) is 2.45. The van der Waals surface area contributed by atoms with E-state index < -0.39 is 10.0 Å². The van der Waals surface area contributed by atoms with Gasteiger partial charge in [-0.05, 0) is 19.4 Å². The number of fused-ring (bicyclic) bond motifs is 1. The van der Waals surface area contributed by atoms with Crippen LogP contribution in [-0.2, 0) is 10.0 Å². The zero-order valence-corrected chi connectivity index (χ0v) is 11.3. The van der Waals surface area contributed by atoms with Crippen molar-refractivity contribution < 1.29 is 8.42 Å². The van der Waals surface area contributed by atoms with E-state index in [1.54, 1.807) is 0 Å². The molecule has 16 heavy (non-hydrogen) atoms. The largest absolute Gasteiger partial charge is 0.341 e. The van der Waals surface area contributed by atoms with Crippen LogP contribution in [0.4, 0.5) is 5.69 Å². The minimum Gasteiger partial charge on any atom is -0.341 e. The first-order valence-corrected chi connectivity index (χ1v) is 7.30. The van der Waals surface area contributed by atoms with Crippen LogP contribution in [0.25, 0.3) is 0 Å². The van der Waals surface area contributed by atoms with Gasteiger partial charge in [-0.25, -0.2) is 0 Å². The summed E-state index contributed by atoms with van der Waals surface area (Å²) >= 11 is 1.28. The molecule has 0 aromatic carbocycles. The van der Waals surface area contributed by atoms with Crippen LogP contribution in [-0.4, -0.2) is 14.3 Å². The summed E-state index contributed by atoms with van der Waals surface area (Å²) in [6.07, 6.45) is 0. The van der Waals surface area contributed by atoms with Crippen molar-refractivity contribution >= 4 is 32.9 Å². The van der Waals surface area contributed by atoms with Crippen LogP contribution in [0.15, 0.2) is 8.61 Å². The molecule has 1 aliphatic rings. The van der Waals surface area contributed by atoms with Crippen LogP contribution in [0, 0.1) is 19.8 Å². The Morgan fingerprint density at radius 2 is 1.94 bits per heavy atom. The first-order chi connectivity index (χ1) is 7.33. The number of sulfonamides is 1. The third-order valence-electron chi connectivity index (χ3n) is 2.61. The molecule has 1 aromatic heterocycles. The third-order valence-corrected chi connectivity index (χ3v) is 5.60. The van der Waals surface area contributed by atoms with E-state index in [2.05, 4.69) is 9.71 Å². The van der Waals surface area contributed by atoms with Crippen LogP contribution < -0.4 is 5.32 Å². The smallest absolute Gasteiger partial charge is 0.295 e. The number of aryl methyl sites for hydroxylation is 1. The molecular formula is C10H14N2O2S2. The molecule has 0 atom stereocenters. The normalized spacial score (nSPS) is 17.9. The molecule has 0 saturated carbocycles. The van der Waals surface area contributed by atoms with Crippen molar-refractivity contribution in [3.05, 3.63) is 10.4 Å². The molecule has 0 radical (unpaired) electrons. The van der Waals surface area contributed by atoms with Gasteiger partial charge in [-0.3, -0.25) is 0 Å². The highest BCUT2D eigenvalue weighted by Crippen LogP contribution is 2.39. The quantitative estimate of drug-likeness (QED) is 0.842. The molecular weight excluding hydrogens is 244 g/mol. The Bertz CT molecular complexity index is 568. The van der Waals surface area contributed by atoms with Crippen molar-refractivity contribution in [2.45, 2.75) is 31.9 Å². The summed E-state index contributed by atoms with van der Waals surface area (Å²) < 4.78 is 28.0. The number of hydrogen-bond acceptors (Lipinski definition) is 4. The fourth-order valence-corrected chi connectivity index (χ4v) is 4.30. The van der Waals surface area contributed by atoms with E-state index in [0.717, 1.165) is 10.4 Å². The summed E-state index contributed by atoms with van der Waals surface area (Å²) in [7, 11) is -3.49. The molecule has 1 aromatic rings. The third kappa shape index (κ3) is 1.66. The molecule has 2 heterocycles. The number of nitrogens with zero attached hydrogens (tertiary/aromatic N) is 1. The van der Waals surface area contributed by atoms with E-state index in [1.807, 2.05) is 27.7 Å². The molecule has 0 bridgehead atoms. The highest BCUT2D eigenvalue weighted by Gasteiger charge is 2.30. The van der Waals surface area contributed by atoms with Crippen molar-refractivity contribution in [2.24, 2.45) is 10.3 Å². The maximum atomic E-state index is 11.9. The van der Waals surface area contributed by atoms with Crippen LogP contribution >= 0.6 is 11.3 Å². The summed E-state index contributed by atoms with van der Waals surface area (Å²) in [6, 6.07) is 0. The number of amidine groups is 1. The van der Waals surface area contributed by atoms with Gasteiger partial charge >= 0.3 is 0 Å². The van der Waals surface area contributed by atoms with Gasteiger partial charge in [0.25, 0.3) is 10.0 Å². The summed E-state index contributed by atoms with van der Waals surface area (Å²) in [5.74, 6) is 0.593. The lowest BCUT2D eigenvalue weighted by molar-refractivity contribution is 0.599. The number of nitrogens with one attached hydrogen (secondary N) is 1. The Hall–Kier alpha value is -0.880. The van der Waals surface area contributed by atoms with E-state index in [9.17, 15) is 8.42 Å². The van der Waals surface area contributed by atoms with E-state index in [4.69, 9.17) is 0 Å². The minimum atomic E-state index is -3.49. The van der Waals surface area contributed by atoms with Crippen molar-refractivity contribution in [3.8, 4) is 0 Å². The predicted octanol–water partition coefficient (Wildman–Crippen LogP) is 2.53. The molecule has 6 heteroatoms. The van der Waals surface area contributed by atoms with E-state index in [0.29, 0.717) is 15.7 Å². The van der Waals surface area contributed by atoms with Gasteiger partial charge in [0.15, 0.2) is 4.21 Å². The van der Waals surface area contributed by atoms with Crippen molar-refractivity contribution in [3.63, 3.8) is 0 Å². The Morgan fingerprint density at radius 3 is 2.50 bits per heavy atom. The second-order valence-electron chi connectivity index (χ2n) is 4.18. The lowest BCUT2D eigenvalue weighted by Crippen LogP contribution is -2.25. The number of rotatable bonds is 1. The number of thiophene rings is 1. The van der Waals surface area contributed by atoms with Crippen LogP contribution in [0.3, 0.4) is 0 Å². The Morgan fingerprint density at radius 1 is 1.31 bits per heavy atom. The highest BCUT2D eigenvalue weighted by atomic mass is 32.2. The van der Waals surface area contributed by atoms with E-state index >= 15 is 0 Å². The fraction of sp³-hybridized carbons (Fsp3) is 0.500. The second-order valence-corrected chi connectivity index (χ2v) is 7.20. The summed E-state index contributed by atoms with van der Waals surface area (Å²) in [5.41, 5.74) is 1.71. The van der Waals surface area contributed by atoms with Gasteiger partial charge in [0.1, 0.15) is 5.84 Å². The van der Waals surface area contributed by atoms with E-state index in [1.165, 1.54) is 11.3 Å². The van der Waals surface area contributed by atoms with Crippen LogP contribution in [0.5, 0.6) is 0 Å². The maximum Gasteiger partial charge on any atom is 0.295 e. The maximum absolute atomic E-state index is 11.9. The Kier molecular flexibility index (Phi) is 2.58. The summed E-state index contributed by atoms with van der Waals surface area (Å²) in [4.78, 5) is 1.02. The fourth-order valence-electron chi connectivity index (χ4n) is 1.49. The van der Waals surface area contributed by atoms with Gasteiger partial charge < -0.3 is 5.32 Å². The minimum absolute atomic E-state index is 0.0718. The molecule has 0 unspecified atom stereocenters.